The summed E-state index contributed by atoms with van der Waals surface area (Å²) in [5, 5.41) is 11.3. The van der Waals surface area contributed by atoms with Crippen LogP contribution in [0.15, 0.2) is 23.0 Å². The van der Waals surface area contributed by atoms with E-state index in [-0.39, 0.29) is 19.4 Å². The fourth-order valence-electron chi connectivity index (χ4n) is 1.53. The Kier molecular flexibility index (Phi) is 5.57. The minimum absolute atomic E-state index is 0.0457. The van der Waals surface area contributed by atoms with Crippen LogP contribution in [0.1, 0.15) is 18.4 Å². The van der Waals surface area contributed by atoms with E-state index in [9.17, 15) is 14.4 Å². The van der Waals surface area contributed by atoms with Gasteiger partial charge in [0.15, 0.2) is 0 Å². The van der Waals surface area contributed by atoms with E-state index < -0.39 is 23.9 Å². The number of primary amides is 1. The molecule has 0 saturated carbocycles. The highest BCUT2D eigenvalue weighted by molar-refractivity contribution is 5.83. The van der Waals surface area contributed by atoms with Crippen molar-refractivity contribution in [2.75, 3.05) is 7.05 Å². The van der Waals surface area contributed by atoms with Gasteiger partial charge in [-0.1, -0.05) is 0 Å². The molecule has 0 radical (unpaired) electrons. The first kappa shape index (κ1) is 15.5. The van der Waals surface area contributed by atoms with Gasteiger partial charge >= 0.3 is 12.0 Å². The van der Waals surface area contributed by atoms with E-state index in [0.29, 0.717) is 0 Å². The number of rotatable bonds is 7. The van der Waals surface area contributed by atoms with Crippen LogP contribution < -0.4 is 11.1 Å². The number of carboxylic acid groups (broad SMARTS) is 1. The average molecular weight is 283 g/mol. The summed E-state index contributed by atoms with van der Waals surface area (Å²) in [6.07, 6.45) is 2.82. The van der Waals surface area contributed by atoms with E-state index in [2.05, 4.69) is 5.32 Å². The van der Waals surface area contributed by atoms with Gasteiger partial charge in [0.05, 0.1) is 19.1 Å². The summed E-state index contributed by atoms with van der Waals surface area (Å²) < 4.78 is 4.88. The fourth-order valence-corrected chi connectivity index (χ4v) is 1.53. The maximum Gasteiger partial charge on any atom is 0.326 e. The summed E-state index contributed by atoms with van der Waals surface area (Å²) in [6.45, 7) is 0.282. The van der Waals surface area contributed by atoms with Gasteiger partial charge in [-0.25, -0.2) is 9.59 Å². The van der Waals surface area contributed by atoms with Gasteiger partial charge in [0.2, 0.25) is 5.91 Å². The number of hydrogen-bond donors (Lipinski definition) is 3. The Balaban J connectivity index is 2.52. The molecule has 8 nitrogen and oxygen atoms in total. The Bertz CT molecular complexity index is 471. The SMILES string of the molecule is CN(Cc1ccoc1)C(=O)NC(CCC(N)=O)C(=O)O. The van der Waals surface area contributed by atoms with Gasteiger partial charge in [-0.05, 0) is 12.5 Å². The number of carbonyl (C=O) groups excluding carboxylic acids is 2. The fraction of sp³-hybridized carbons (Fsp3) is 0.417. The highest BCUT2D eigenvalue weighted by atomic mass is 16.4. The Morgan fingerprint density at radius 1 is 1.50 bits per heavy atom. The van der Waals surface area contributed by atoms with Gasteiger partial charge in [-0.15, -0.1) is 0 Å². The number of nitrogens with one attached hydrogen (secondary N) is 1. The molecule has 20 heavy (non-hydrogen) atoms. The minimum Gasteiger partial charge on any atom is -0.480 e. The van der Waals surface area contributed by atoms with E-state index in [1.165, 1.54) is 24.5 Å². The Morgan fingerprint density at radius 3 is 2.70 bits per heavy atom. The van der Waals surface area contributed by atoms with E-state index in [4.69, 9.17) is 15.3 Å². The van der Waals surface area contributed by atoms with Crippen molar-refractivity contribution in [3.8, 4) is 0 Å². The summed E-state index contributed by atoms with van der Waals surface area (Å²) in [6, 6.07) is -0.00388. The Labute approximate surface area is 115 Å². The third kappa shape index (κ3) is 5.01. The van der Waals surface area contributed by atoms with Crippen LogP contribution in [0.2, 0.25) is 0 Å². The molecule has 0 spiro atoms. The molecule has 0 aliphatic rings. The number of carbonyl (C=O) groups is 3. The van der Waals surface area contributed by atoms with Crippen LogP contribution in [0.4, 0.5) is 4.79 Å². The van der Waals surface area contributed by atoms with Gasteiger partial charge in [0.25, 0.3) is 0 Å². The van der Waals surface area contributed by atoms with Gasteiger partial charge in [-0.3, -0.25) is 4.79 Å². The second kappa shape index (κ2) is 7.17. The molecule has 1 heterocycles. The molecule has 0 aliphatic carbocycles. The van der Waals surface area contributed by atoms with Crippen LogP contribution in [0, 0.1) is 0 Å². The molecule has 0 aromatic carbocycles. The van der Waals surface area contributed by atoms with E-state index >= 15 is 0 Å². The van der Waals surface area contributed by atoms with Crippen LogP contribution in [0.3, 0.4) is 0 Å². The van der Waals surface area contributed by atoms with Crippen molar-refractivity contribution < 1.29 is 23.9 Å². The third-order valence-corrected chi connectivity index (χ3v) is 2.62. The summed E-state index contributed by atoms with van der Waals surface area (Å²) in [5.41, 5.74) is 5.74. The third-order valence-electron chi connectivity index (χ3n) is 2.62. The predicted octanol–water partition coefficient (Wildman–Crippen LogP) is 0.140. The second-order valence-electron chi connectivity index (χ2n) is 4.33. The molecule has 1 atom stereocenters. The molecule has 110 valence electrons. The summed E-state index contributed by atoms with van der Waals surface area (Å²) in [5.74, 6) is -1.83. The van der Waals surface area contributed by atoms with Crippen LogP contribution >= 0.6 is 0 Å². The standard InChI is InChI=1S/C12H17N3O5/c1-15(6-8-4-5-20-7-8)12(19)14-9(11(17)18)2-3-10(13)16/h4-5,7,9H,2-3,6H2,1H3,(H2,13,16)(H,14,19)(H,17,18). The van der Waals surface area contributed by atoms with Crippen molar-refractivity contribution in [1.82, 2.24) is 10.2 Å². The molecular weight excluding hydrogens is 266 g/mol. The maximum atomic E-state index is 11.8. The van der Waals surface area contributed by atoms with E-state index in [1.807, 2.05) is 0 Å². The van der Waals surface area contributed by atoms with Crippen molar-refractivity contribution in [2.24, 2.45) is 5.73 Å². The monoisotopic (exact) mass is 283 g/mol. The number of amides is 3. The van der Waals surface area contributed by atoms with Crippen molar-refractivity contribution in [3.05, 3.63) is 24.2 Å². The van der Waals surface area contributed by atoms with Crippen LogP contribution in [0.25, 0.3) is 0 Å². The van der Waals surface area contributed by atoms with E-state index in [0.717, 1.165) is 5.56 Å². The zero-order chi connectivity index (χ0) is 15.1. The number of urea groups is 1. The average Bonchev–Trinajstić information content (AvgIpc) is 2.86. The molecule has 1 aromatic rings. The van der Waals surface area contributed by atoms with Crippen LogP contribution in [-0.4, -0.2) is 41.0 Å². The lowest BCUT2D eigenvalue weighted by Gasteiger charge is -2.20. The second-order valence-corrected chi connectivity index (χ2v) is 4.33. The molecule has 1 aromatic heterocycles. The summed E-state index contributed by atoms with van der Waals surface area (Å²) in [7, 11) is 1.52. The number of hydrogen-bond acceptors (Lipinski definition) is 4. The highest BCUT2D eigenvalue weighted by Crippen LogP contribution is 2.05. The van der Waals surface area contributed by atoms with Crippen LogP contribution in [-0.2, 0) is 16.1 Å². The predicted molar refractivity (Wildman–Crippen MR) is 68.6 cm³/mol. The summed E-state index contributed by atoms with van der Waals surface area (Å²) in [4.78, 5) is 34.8. The smallest absolute Gasteiger partial charge is 0.326 e. The molecule has 8 heteroatoms. The molecule has 1 rings (SSSR count). The van der Waals surface area contributed by atoms with Crippen molar-refractivity contribution in [3.63, 3.8) is 0 Å². The first-order valence-electron chi connectivity index (χ1n) is 5.94. The lowest BCUT2D eigenvalue weighted by Crippen LogP contribution is -2.46. The number of furan rings is 1. The largest absolute Gasteiger partial charge is 0.480 e. The summed E-state index contributed by atoms with van der Waals surface area (Å²) >= 11 is 0. The van der Waals surface area contributed by atoms with Crippen molar-refractivity contribution >= 4 is 17.9 Å². The van der Waals surface area contributed by atoms with Gasteiger partial charge in [-0.2, -0.15) is 0 Å². The minimum atomic E-state index is -1.21. The maximum absolute atomic E-state index is 11.8. The number of nitrogens with two attached hydrogens (primary N) is 1. The van der Waals surface area contributed by atoms with Gasteiger partial charge < -0.3 is 25.5 Å². The number of nitrogens with zero attached hydrogens (tertiary/aromatic N) is 1. The molecule has 4 N–H and O–H groups in total. The lowest BCUT2D eigenvalue weighted by atomic mass is 10.1. The van der Waals surface area contributed by atoms with E-state index in [1.54, 1.807) is 6.07 Å². The normalized spacial score (nSPS) is 11.7. The molecular formula is C12H17N3O5. The zero-order valence-electron chi connectivity index (χ0n) is 11.0. The first-order chi connectivity index (χ1) is 9.40. The number of carboxylic acids is 1. The molecule has 0 bridgehead atoms. The molecule has 1 unspecified atom stereocenters. The van der Waals surface area contributed by atoms with Gasteiger partial charge in [0.1, 0.15) is 6.04 Å². The quantitative estimate of drug-likeness (QED) is 0.656. The molecule has 0 fully saturated rings. The van der Waals surface area contributed by atoms with Crippen molar-refractivity contribution in [1.29, 1.82) is 0 Å². The topological polar surface area (TPSA) is 126 Å². The molecule has 0 aliphatic heterocycles. The first-order valence-corrected chi connectivity index (χ1v) is 5.94. The molecule has 0 saturated heterocycles. The molecule has 3 amide bonds. The Hall–Kier alpha value is -2.51. The Morgan fingerprint density at radius 2 is 2.20 bits per heavy atom. The highest BCUT2D eigenvalue weighted by Gasteiger charge is 2.22. The number of aliphatic carboxylic acids is 1. The van der Waals surface area contributed by atoms with Crippen LogP contribution in [0.5, 0.6) is 0 Å². The van der Waals surface area contributed by atoms with Gasteiger partial charge in [0, 0.05) is 19.0 Å². The van der Waals surface area contributed by atoms with Crippen molar-refractivity contribution in [2.45, 2.75) is 25.4 Å². The zero-order valence-corrected chi connectivity index (χ0v) is 11.0. The lowest BCUT2D eigenvalue weighted by molar-refractivity contribution is -0.139.